The van der Waals surface area contributed by atoms with E-state index in [2.05, 4.69) is 15.2 Å². The maximum atomic E-state index is 11.5. The quantitative estimate of drug-likeness (QED) is 0.550. The highest BCUT2D eigenvalue weighted by molar-refractivity contribution is 7.46. The van der Waals surface area contributed by atoms with Crippen LogP contribution in [0, 0.1) is 0 Å². The van der Waals surface area contributed by atoms with Crippen molar-refractivity contribution in [3.63, 3.8) is 0 Å². The molecule has 0 spiro atoms. The monoisotopic (exact) mass is 288 g/mol. The summed E-state index contributed by atoms with van der Waals surface area (Å²) in [5, 5.41) is 5.44. The van der Waals surface area contributed by atoms with Gasteiger partial charge in [-0.15, -0.1) is 0 Å². The first-order valence-electron chi connectivity index (χ1n) is 5.58. The van der Waals surface area contributed by atoms with Gasteiger partial charge in [0.25, 0.3) is 0 Å². The number of nitrogens with one attached hydrogen (secondary N) is 2. The number of likely N-dealkylation sites (N-methyl/N-ethyl adjacent to an activating group) is 2. The minimum atomic E-state index is -4.53. The molecule has 8 heteroatoms. The fourth-order valence-electron chi connectivity index (χ4n) is 1.56. The van der Waals surface area contributed by atoms with Gasteiger partial charge in [-0.1, -0.05) is 12.1 Å². The van der Waals surface area contributed by atoms with Gasteiger partial charge >= 0.3 is 7.82 Å². The van der Waals surface area contributed by atoms with E-state index < -0.39 is 7.82 Å². The van der Waals surface area contributed by atoms with Crippen molar-refractivity contribution in [2.75, 3.05) is 14.1 Å². The van der Waals surface area contributed by atoms with E-state index in [0.29, 0.717) is 6.42 Å². The summed E-state index contributed by atoms with van der Waals surface area (Å²) in [4.78, 5) is 28.8. The first kappa shape index (κ1) is 15.7. The molecule has 0 aromatic heterocycles. The molecule has 0 saturated heterocycles. The number of hydrogen-bond donors (Lipinski definition) is 4. The van der Waals surface area contributed by atoms with Crippen LogP contribution in [0.3, 0.4) is 0 Å². The summed E-state index contributed by atoms with van der Waals surface area (Å²) < 4.78 is 15.1. The van der Waals surface area contributed by atoms with Gasteiger partial charge in [-0.2, -0.15) is 0 Å². The van der Waals surface area contributed by atoms with Crippen molar-refractivity contribution in [2.24, 2.45) is 0 Å². The molecule has 0 aliphatic carbocycles. The van der Waals surface area contributed by atoms with E-state index >= 15 is 0 Å². The normalized spacial score (nSPS) is 12.8. The van der Waals surface area contributed by atoms with Crippen molar-refractivity contribution in [1.29, 1.82) is 0 Å². The molecule has 0 radical (unpaired) electrons. The molecule has 1 rings (SSSR count). The number of rotatable bonds is 6. The third-order valence-electron chi connectivity index (χ3n) is 2.50. The molecule has 0 fully saturated rings. The molecule has 19 heavy (non-hydrogen) atoms. The van der Waals surface area contributed by atoms with E-state index in [-0.39, 0.29) is 17.7 Å². The summed E-state index contributed by atoms with van der Waals surface area (Å²) in [6.45, 7) is 0. The third-order valence-corrected chi connectivity index (χ3v) is 2.95. The molecule has 0 aliphatic heterocycles. The van der Waals surface area contributed by atoms with Crippen LogP contribution in [0.2, 0.25) is 0 Å². The number of benzene rings is 1. The molecular weight excluding hydrogens is 271 g/mol. The van der Waals surface area contributed by atoms with E-state index in [9.17, 15) is 9.36 Å². The molecule has 0 aliphatic rings. The molecule has 1 amide bonds. The average Bonchev–Trinajstić information content (AvgIpc) is 2.35. The van der Waals surface area contributed by atoms with Gasteiger partial charge in [-0.25, -0.2) is 4.57 Å². The van der Waals surface area contributed by atoms with Crippen molar-refractivity contribution in [1.82, 2.24) is 10.6 Å². The molecular formula is C11H17N2O5P. The van der Waals surface area contributed by atoms with Crippen LogP contribution < -0.4 is 15.2 Å². The first-order chi connectivity index (χ1) is 8.85. The number of carbonyl (C=O) groups excluding carboxylic acids is 1. The van der Waals surface area contributed by atoms with Crippen molar-refractivity contribution in [3.8, 4) is 5.75 Å². The molecule has 1 unspecified atom stereocenters. The van der Waals surface area contributed by atoms with Crippen LogP contribution in [0.25, 0.3) is 0 Å². The van der Waals surface area contributed by atoms with Gasteiger partial charge < -0.3 is 15.2 Å². The second-order valence-electron chi connectivity index (χ2n) is 3.89. The zero-order valence-electron chi connectivity index (χ0n) is 10.7. The predicted octanol–water partition coefficient (Wildman–Crippen LogP) is 0.0346. The molecule has 106 valence electrons. The summed E-state index contributed by atoms with van der Waals surface area (Å²) in [7, 11) is -1.29. The van der Waals surface area contributed by atoms with Gasteiger partial charge in [0, 0.05) is 7.05 Å². The number of hydrogen-bond acceptors (Lipinski definition) is 4. The summed E-state index contributed by atoms with van der Waals surface area (Å²) >= 11 is 0. The van der Waals surface area contributed by atoms with Gasteiger partial charge in [0.05, 0.1) is 6.04 Å². The van der Waals surface area contributed by atoms with Crippen LogP contribution >= 0.6 is 7.82 Å². The van der Waals surface area contributed by atoms with Crippen LogP contribution in [0.5, 0.6) is 5.75 Å². The summed E-state index contributed by atoms with van der Waals surface area (Å²) in [6, 6.07) is 5.84. The average molecular weight is 288 g/mol. The summed E-state index contributed by atoms with van der Waals surface area (Å²) in [5.41, 5.74) is 0.848. The Kier molecular flexibility index (Phi) is 5.50. The van der Waals surface area contributed by atoms with E-state index in [1.54, 1.807) is 26.2 Å². The van der Waals surface area contributed by atoms with Gasteiger partial charge in [0.2, 0.25) is 5.91 Å². The highest BCUT2D eigenvalue weighted by Gasteiger charge is 2.17. The standard InChI is InChI=1S/C11H17N2O5P/c1-12-10(11(14)13-2)7-8-3-5-9(6-4-8)18-19(15,16)17/h3-6,10,12H,7H2,1-2H3,(H,13,14)(H2,15,16,17). The Balaban J connectivity index is 2.71. The van der Waals surface area contributed by atoms with E-state index in [1.807, 2.05) is 0 Å². The first-order valence-corrected chi connectivity index (χ1v) is 7.11. The van der Waals surface area contributed by atoms with Crippen LogP contribution in [0.15, 0.2) is 24.3 Å². The number of phosphoric acid groups is 1. The van der Waals surface area contributed by atoms with Crippen molar-refractivity contribution >= 4 is 13.7 Å². The molecule has 0 heterocycles. The molecule has 7 nitrogen and oxygen atoms in total. The maximum absolute atomic E-state index is 11.5. The Labute approximate surface area is 111 Å². The second kappa shape index (κ2) is 6.68. The van der Waals surface area contributed by atoms with Crippen LogP contribution in [-0.2, 0) is 15.8 Å². The fourth-order valence-corrected chi connectivity index (χ4v) is 1.96. The second-order valence-corrected chi connectivity index (χ2v) is 5.05. The summed E-state index contributed by atoms with van der Waals surface area (Å²) in [6.07, 6.45) is 0.465. The molecule has 1 aromatic rings. The smallest absolute Gasteiger partial charge is 0.404 e. The van der Waals surface area contributed by atoms with Crippen LogP contribution in [0.4, 0.5) is 0 Å². The van der Waals surface area contributed by atoms with Gasteiger partial charge in [-0.3, -0.25) is 14.6 Å². The lowest BCUT2D eigenvalue weighted by atomic mass is 10.1. The topological polar surface area (TPSA) is 108 Å². The zero-order valence-corrected chi connectivity index (χ0v) is 11.6. The van der Waals surface area contributed by atoms with Crippen LogP contribution in [-0.4, -0.2) is 35.8 Å². The molecule has 1 atom stereocenters. The Hall–Kier alpha value is -1.40. The number of carbonyl (C=O) groups is 1. The molecule has 1 aromatic carbocycles. The molecule has 0 bridgehead atoms. The van der Waals surface area contributed by atoms with Gasteiger partial charge in [0.1, 0.15) is 5.75 Å². The minimum absolute atomic E-state index is 0.0815. The SMILES string of the molecule is CNC(=O)C(Cc1ccc(OP(=O)(O)O)cc1)NC. The Morgan fingerprint density at radius 2 is 1.89 bits per heavy atom. The lowest BCUT2D eigenvalue weighted by Crippen LogP contribution is -2.42. The van der Waals surface area contributed by atoms with Crippen LogP contribution in [0.1, 0.15) is 5.56 Å². The Morgan fingerprint density at radius 3 is 2.32 bits per heavy atom. The highest BCUT2D eigenvalue weighted by Crippen LogP contribution is 2.37. The van der Waals surface area contributed by atoms with E-state index in [0.717, 1.165) is 5.56 Å². The zero-order chi connectivity index (χ0) is 14.5. The summed E-state index contributed by atoms with van der Waals surface area (Å²) in [5.74, 6) is -0.0453. The molecule has 0 saturated carbocycles. The number of phosphoric ester groups is 1. The number of amides is 1. The fraction of sp³-hybridized carbons (Fsp3) is 0.364. The van der Waals surface area contributed by atoms with Crippen molar-refractivity contribution in [3.05, 3.63) is 29.8 Å². The Bertz CT molecular complexity index is 470. The predicted molar refractivity (Wildman–Crippen MR) is 69.7 cm³/mol. The largest absolute Gasteiger partial charge is 0.524 e. The lowest BCUT2D eigenvalue weighted by molar-refractivity contribution is -0.122. The maximum Gasteiger partial charge on any atom is 0.524 e. The van der Waals surface area contributed by atoms with E-state index in [1.165, 1.54) is 12.1 Å². The highest BCUT2D eigenvalue weighted by atomic mass is 31.2. The Morgan fingerprint density at radius 1 is 1.32 bits per heavy atom. The van der Waals surface area contributed by atoms with Gasteiger partial charge in [0.15, 0.2) is 0 Å². The molecule has 4 N–H and O–H groups in total. The van der Waals surface area contributed by atoms with Gasteiger partial charge in [-0.05, 0) is 31.2 Å². The van der Waals surface area contributed by atoms with E-state index in [4.69, 9.17) is 9.79 Å². The van der Waals surface area contributed by atoms with Crippen molar-refractivity contribution < 1.29 is 23.7 Å². The lowest BCUT2D eigenvalue weighted by Gasteiger charge is -2.14. The van der Waals surface area contributed by atoms with Crippen molar-refractivity contribution in [2.45, 2.75) is 12.5 Å². The minimum Gasteiger partial charge on any atom is -0.404 e. The third kappa shape index (κ3) is 5.40.